The molecule has 1 saturated heterocycles. The average molecular weight is 516 g/mol. The van der Waals surface area contributed by atoms with E-state index in [2.05, 4.69) is 39.6 Å². The van der Waals surface area contributed by atoms with Gasteiger partial charge in [0.2, 0.25) is 0 Å². The van der Waals surface area contributed by atoms with Crippen LogP contribution in [0, 0.1) is 0 Å². The molecule has 0 saturated carbocycles. The van der Waals surface area contributed by atoms with Gasteiger partial charge in [0.15, 0.2) is 17.5 Å². The van der Waals surface area contributed by atoms with Crippen molar-refractivity contribution in [2.24, 2.45) is 4.99 Å². The second kappa shape index (κ2) is 11.4. The van der Waals surface area contributed by atoms with Crippen LogP contribution in [0.25, 0.3) is 0 Å². The SMILES string of the molecule is CCNC(=NCCc1cccc(OC)c1O)N1CCN(c2cccs2)CC1.I. The Labute approximate surface area is 188 Å². The summed E-state index contributed by atoms with van der Waals surface area (Å²) in [5.41, 5.74) is 0.858. The topological polar surface area (TPSA) is 60.3 Å². The number of hydrogen-bond acceptors (Lipinski definition) is 5. The number of piperazine rings is 1. The van der Waals surface area contributed by atoms with Gasteiger partial charge >= 0.3 is 0 Å². The molecule has 2 heterocycles. The van der Waals surface area contributed by atoms with Crippen molar-refractivity contribution in [2.75, 3.05) is 51.3 Å². The van der Waals surface area contributed by atoms with Crippen molar-refractivity contribution in [3.63, 3.8) is 0 Å². The Balaban J connectivity index is 0.00000280. The van der Waals surface area contributed by atoms with E-state index in [9.17, 15) is 5.11 Å². The Kier molecular flexibility index (Phi) is 9.17. The number of rotatable bonds is 6. The third-order valence-corrected chi connectivity index (χ3v) is 5.61. The van der Waals surface area contributed by atoms with Crippen LogP contribution >= 0.6 is 35.3 Å². The number of halogens is 1. The van der Waals surface area contributed by atoms with Crippen molar-refractivity contribution < 1.29 is 9.84 Å². The van der Waals surface area contributed by atoms with Crippen LogP contribution in [-0.4, -0.2) is 62.3 Å². The number of para-hydroxylation sites is 1. The summed E-state index contributed by atoms with van der Waals surface area (Å²) in [7, 11) is 1.57. The number of nitrogens with one attached hydrogen (secondary N) is 1. The number of anilines is 1. The lowest BCUT2D eigenvalue weighted by Gasteiger charge is -2.37. The number of aliphatic imine (C=N–C) groups is 1. The van der Waals surface area contributed by atoms with Crippen LogP contribution in [0.1, 0.15) is 12.5 Å². The molecule has 6 nitrogen and oxygen atoms in total. The molecule has 1 aromatic heterocycles. The molecule has 0 unspecified atom stereocenters. The summed E-state index contributed by atoms with van der Waals surface area (Å²) in [6.07, 6.45) is 0.674. The molecule has 0 aliphatic carbocycles. The van der Waals surface area contributed by atoms with Gasteiger partial charge < -0.3 is 25.0 Å². The van der Waals surface area contributed by atoms with Gasteiger partial charge in [-0.1, -0.05) is 12.1 Å². The number of guanidine groups is 1. The molecule has 0 bridgehead atoms. The minimum absolute atomic E-state index is 0. The number of phenols is 1. The van der Waals surface area contributed by atoms with Crippen LogP contribution in [-0.2, 0) is 6.42 Å². The van der Waals surface area contributed by atoms with Crippen LogP contribution in [0.5, 0.6) is 11.5 Å². The second-order valence-corrected chi connectivity index (χ2v) is 7.31. The van der Waals surface area contributed by atoms with Gasteiger partial charge in [-0.2, -0.15) is 0 Å². The molecular formula is C20H29IN4O2S. The zero-order valence-corrected chi connectivity index (χ0v) is 19.6. The van der Waals surface area contributed by atoms with E-state index in [1.54, 1.807) is 24.5 Å². The first-order chi connectivity index (χ1) is 13.2. The zero-order chi connectivity index (χ0) is 19.1. The Morgan fingerprint density at radius 3 is 2.64 bits per heavy atom. The Morgan fingerprint density at radius 1 is 1.21 bits per heavy atom. The molecular weight excluding hydrogens is 487 g/mol. The van der Waals surface area contributed by atoms with Crippen molar-refractivity contribution in [3.8, 4) is 11.5 Å². The maximum atomic E-state index is 10.2. The van der Waals surface area contributed by atoms with E-state index in [1.807, 2.05) is 12.1 Å². The van der Waals surface area contributed by atoms with Gasteiger partial charge in [0.05, 0.1) is 12.1 Å². The lowest BCUT2D eigenvalue weighted by molar-refractivity contribution is 0.370. The number of methoxy groups -OCH3 is 1. The first kappa shape index (κ1) is 22.6. The van der Waals surface area contributed by atoms with Crippen molar-refractivity contribution in [3.05, 3.63) is 41.3 Å². The van der Waals surface area contributed by atoms with Crippen LogP contribution in [0.15, 0.2) is 40.7 Å². The lowest BCUT2D eigenvalue weighted by atomic mass is 10.1. The largest absolute Gasteiger partial charge is 0.504 e. The third-order valence-electron chi connectivity index (χ3n) is 4.68. The fourth-order valence-electron chi connectivity index (χ4n) is 3.23. The van der Waals surface area contributed by atoms with Crippen molar-refractivity contribution in [1.82, 2.24) is 10.2 Å². The normalized spacial score (nSPS) is 14.6. The van der Waals surface area contributed by atoms with Crippen LogP contribution in [0.4, 0.5) is 5.00 Å². The van der Waals surface area contributed by atoms with Crippen molar-refractivity contribution in [2.45, 2.75) is 13.3 Å². The van der Waals surface area contributed by atoms with E-state index < -0.39 is 0 Å². The molecule has 3 rings (SSSR count). The summed E-state index contributed by atoms with van der Waals surface area (Å²) < 4.78 is 5.18. The van der Waals surface area contributed by atoms with E-state index in [-0.39, 0.29) is 29.7 Å². The summed E-state index contributed by atoms with van der Waals surface area (Å²) in [5.74, 6) is 1.67. The van der Waals surface area contributed by atoms with Gasteiger partial charge in [-0.3, -0.25) is 4.99 Å². The Bertz CT molecular complexity index is 747. The average Bonchev–Trinajstić information content (AvgIpc) is 3.23. The fraction of sp³-hybridized carbons (Fsp3) is 0.450. The van der Waals surface area contributed by atoms with Gasteiger partial charge in [0, 0.05) is 39.3 Å². The molecule has 0 amide bonds. The molecule has 28 heavy (non-hydrogen) atoms. The first-order valence-corrected chi connectivity index (χ1v) is 10.3. The quantitative estimate of drug-likeness (QED) is 0.350. The molecule has 1 aliphatic rings. The van der Waals surface area contributed by atoms with E-state index in [4.69, 9.17) is 9.73 Å². The van der Waals surface area contributed by atoms with E-state index in [1.165, 1.54) is 5.00 Å². The zero-order valence-electron chi connectivity index (χ0n) is 16.4. The van der Waals surface area contributed by atoms with Gasteiger partial charge in [0.25, 0.3) is 0 Å². The van der Waals surface area contributed by atoms with E-state index in [0.717, 1.165) is 44.2 Å². The summed E-state index contributed by atoms with van der Waals surface area (Å²) in [6.45, 7) is 7.46. The number of phenolic OH excluding ortho intramolecular Hbond substituents is 1. The molecule has 2 N–H and O–H groups in total. The lowest BCUT2D eigenvalue weighted by Crippen LogP contribution is -2.52. The molecule has 2 aromatic rings. The maximum Gasteiger partial charge on any atom is 0.194 e. The number of aromatic hydroxyl groups is 1. The number of nitrogens with zero attached hydrogens (tertiary/aromatic N) is 3. The highest BCUT2D eigenvalue weighted by molar-refractivity contribution is 14.0. The smallest absolute Gasteiger partial charge is 0.194 e. The first-order valence-electron chi connectivity index (χ1n) is 9.39. The predicted octanol–water partition coefficient (Wildman–Crippen LogP) is 3.41. The van der Waals surface area contributed by atoms with Gasteiger partial charge in [-0.25, -0.2) is 0 Å². The Morgan fingerprint density at radius 2 is 2.00 bits per heavy atom. The van der Waals surface area contributed by atoms with Crippen molar-refractivity contribution >= 4 is 46.3 Å². The molecule has 0 atom stereocenters. The van der Waals surface area contributed by atoms with Crippen LogP contribution < -0.4 is 15.0 Å². The van der Waals surface area contributed by atoms with Gasteiger partial charge in [-0.05, 0) is 42.5 Å². The number of benzene rings is 1. The molecule has 1 aromatic carbocycles. The fourth-order valence-corrected chi connectivity index (χ4v) is 4.02. The monoisotopic (exact) mass is 516 g/mol. The van der Waals surface area contributed by atoms with Crippen LogP contribution in [0.2, 0.25) is 0 Å². The summed E-state index contributed by atoms with van der Waals surface area (Å²) in [6, 6.07) is 9.86. The molecule has 0 radical (unpaired) electrons. The van der Waals surface area contributed by atoms with Gasteiger partial charge in [0.1, 0.15) is 0 Å². The number of thiophene rings is 1. The van der Waals surface area contributed by atoms with Crippen LogP contribution in [0.3, 0.4) is 0 Å². The minimum atomic E-state index is 0. The molecule has 0 spiro atoms. The second-order valence-electron chi connectivity index (χ2n) is 6.38. The minimum Gasteiger partial charge on any atom is -0.504 e. The predicted molar refractivity (Wildman–Crippen MR) is 128 cm³/mol. The highest BCUT2D eigenvalue weighted by Gasteiger charge is 2.20. The highest BCUT2D eigenvalue weighted by atomic mass is 127. The molecule has 8 heteroatoms. The maximum absolute atomic E-state index is 10.2. The van der Waals surface area contributed by atoms with E-state index >= 15 is 0 Å². The van der Waals surface area contributed by atoms with Crippen molar-refractivity contribution in [1.29, 1.82) is 0 Å². The summed E-state index contributed by atoms with van der Waals surface area (Å²) in [5, 5.41) is 17.1. The summed E-state index contributed by atoms with van der Waals surface area (Å²) >= 11 is 1.79. The standard InChI is InChI=1S/C20H28N4O2S.HI/c1-3-21-20(22-10-9-16-6-4-7-17(26-2)19(16)25)24-13-11-23(12-14-24)18-8-5-15-27-18;/h4-8,15,25H,3,9-14H2,1-2H3,(H,21,22);1H. The van der Waals surface area contributed by atoms with Gasteiger partial charge in [-0.15, -0.1) is 35.3 Å². The number of hydrogen-bond donors (Lipinski definition) is 2. The highest BCUT2D eigenvalue weighted by Crippen LogP contribution is 2.29. The molecule has 1 aliphatic heterocycles. The summed E-state index contributed by atoms with van der Waals surface area (Å²) in [4.78, 5) is 9.53. The number of ether oxygens (including phenoxy) is 1. The third kappa shape index (κ3) is 5.66. The molecule has 154 valence electrons. The van der Waals surface area contributed by atoms with E-state index in [0.29, 0.717) is 18.7 Å². The Hall–Kier alpha value is -1.68. The molecule has 1 fully saturated rings.